The number of rotatable bonds is 3. The molecule has 1 saturated heterocycles. The monoisotopic (exact) mass is 313 g/mol. The molecule has 3 N–H and O–H groups in total. The van der Waals surface area contributed by atoms with Gasteiger partial charge in [-0.3, -0.25) is 0 Å². The van der Waals surface area contributed by atoms with Gasteiger partial charge in [-0.25, -0.2) is 9.78 Å². The van der Waals surface area contributed by atoms with Crippen LogP contribution in [0.5, 0.6) is 0 Å². The molecule has 0 atom stereocenters. The minimum atomic E-state index is -0.555. The van der Waals surface area contributed by atoms with E-state index in [1.54, 1.807) is 0 Å². The molecule has 0 spiro atoms. The summed E-state index contributed by atoms with van der Waals surface area (Å²) in [5.41, 5.74) is 7.96. The standard InChI is InChI=1S/C17H23N5O/c1-3-21-6-8-22(9-7-21)16-10-12(2)14-11-13(19-17(18)23)4-5-15(14)20-16/h4-5,10-11H,3,6-9H2,1-2H3,(H3,18,19,23). The minimum Gasteiger partial charge on any atom is -0.354 e. The Morgan fingerprint density at radius 1 is 1.26 bits per heavy atom. The van der Waals surface area contributed by atoms with Crippen LogP contribution in [-0.4, -0.2) is 48.6 Å². The Morgan fingerprint density at radius 2 is 2.00 bits per heavy atom. The summed E-state index contributed by atoms with van der Waals surface area (Å²) in [6.07, 6.45) is 0. The summed E-state index contributed by atoms with van der Waals surface area (Å²) in [4.78, 5) is 20.6. The Balaban J connectivity index is 1.88. The zero-order chi connectivity index (χ0) is 16.4. The second-order valence-corrected chi connectivity index (χ2v) is 5.94. The Morgan fingerprint density at radius 3 is 2.65 bits per heavy atom. The van der Waals surface area contributed by atoms with Crippen molar-refractivity contribution in [3.8, 4) is 0 Å². The molecule has 1 aromatic heterocycles. The zero-order valence-electron chi connectivity index (χ0n) is 13.7. The highest BCUT2D eigenvalue weighted by Crippen LogP contribution is 2.25. The van der Waals surface area contributed by atoms with Gasteiger partial charge in [-0.2, -0.15) is 0 Å². The number of nitrogens with zero attached hydrogens (tertiary/aromatic N) is 3. The summed E-state index contributed by atoms with van der Waals surface area (Å²) in [5, 5.41) is 3.64. The van der Waals surface area contributed by atoms with Crippen molar-refractivity contribution in [1.29, 1.82) is 0 Å². The first kappa shape index (κ1) is 15.6. The number of aryl methyl sites for hydroxylation is 1. The van der Waals surface area contributed by atoms with Gasteiger partial charge in [0.1, 0.15) is 5.82 Å². The van der Waals surface area contributed by atoms with E-state index in [0.29, 0.717) is 5.69 Å². The van der Waals surface area contributed by atoms with Crippen LogP contribution in [0.25, 0.3) is 10.9 Å². The maximum Gasteiger partial charge on any atom is 0.316 e. The van der Waals surface area contributed by atoms with Gasteiger partial charge < -0.3 is 20.9 Å². The van der Waals surface area contributed by atoms with E-state index in [9.17, 15) is 4.79 Å². The average molecular weight is 313 g/mol. The zero-order valence-corrected chi connectivity index (χ0v) is 13.7. The Kier molecular flexibility index (Phi) is 4.34. The molecule has 1 aliphatic rings. The van der Waals surface area contributed by atoms with E-state index in [1.807, 2.05) is 18.2 Å². The van der Waals surface area contributed by atoms with Gasteiger partial charge in [0, 0.05) is 37.3 Å². The van der Waals surface area contributed by atoms with Crippen LogP contribution in [0.2, 0.25) is 0 Å². The fourth-order valence-electron chi connectivity index (χ4n) is 3.05. The third-order valence-electron chi connectivity index (χ3n) is 4.41. The van der Waals surface area contributed by atoms with Crippen molar-refractivity contribution in [2.75, 3.05) is 42.9 Å². The predicted molar refractivity (Wildman–Crippen MR) is 94.0 cm³/mol. The highest BCUT2D eigenvalue weighted by molar-refractivity contribution is 5.93. The number of pyridine rings is 1. The minimum absolute atomic E-state index is 0.555. The normalized spacial score (nSPS) is 15.8. The number of amides is 2. The molecule has 6 nitrogen and oxygen atoms in total. The number of fused-ring (bicyclic) bond motifs is 1. The van der Waals surface area contributed by atoms with Crippen molar-refractivity contribution in [3.63, 3.8) is 0 Å². The first-order valence-corrected chi connectivity index (χ1v) is 8.02. The van der Waals surface area contributed by atoms with Crippen LogP contribution >= 0.6 is 0 Å². The molecule has 23 heavy (non-hydrogen) atoms. The lowest BCUT2D eigenvalue weighted by molar-refractivity contribution is 0.259. The van der Waals surface area contributed by atoms with Gasteiger partial charge in [-0.15, -0.1) is 0 Å². The topological polar surface area (TPSA) is 74.5 Å². The van der Waals surface area contributed by atoms with Crippen molar-refractivity contribution in [2.45, 2.75) is 13.8 Å². The van der Waals surface area contributed by atoms with Gasteiger partial charge in [0.2, 0.25) is 0 Å². The molecule has 1 fully saturated rings. The van der Waals surface area contributed by atoms with E-state index < -0.39 is 6.03 Å². The number of carbonyl (C=O) groups excluding carboxylic acids is 1. The molecule has 0 saturated carbocycles. The maximum absolute atomic E-state index is 11.0. The molecule has 1 aliphatic heterocycles. The molecule has 2 aromatic rings. The summed E-state index contributed by atoms with van der Waals surface area (Å²) in [6.45, 7) is 9.55. The molecule has 0 radical (unpaired) electrons. The molecular formula is C17H23N5O. The van der Waals surface area contributed by atoms with Crippen LogP contribution in [0.3, 0.4) is 0 Å². The summed E-state index contributed by atoms with van der Waals surface area (Å²) in [7, 11) is 0. The fraction of sp³-hybridized carbons (Fsp3) is 0.412. The largest absolute Gasteiger partial charge is 0.354 e. The third-order valence-corrected chi connectivity index (χ3v) is 4.41. The van der Waals surface area contributed by atoms with Gasteiger partial charge in [0.25, 0.3) is 0 Å². The molecule has 2 amide bonds. The molecule has 0 unspecified atom stereocenters. The van der Waals surface area contributed by atoms with E-state index in [-0.39, 0.29) is 0 Å². The van der Waals surface area contributed by atoms with E-state index in [0.717, 1.165) is 55.0 Å². The quantitative estimate of drug-likeness (QED) is 0.911. The number of hydrogen-bond acceptors (Lipinski definition) is 4. The van der Waals surface area contributed by atoms with Crippen LogP contribution in [0.1, 0.15) is 12.5 Å². The van der Waals surface area contributed by atoms with E-state index in [4.69, 9.17) is 10.7 Å². The van der Waals surface area contributed by atoms with Gasteiger partial charge >= 0.3 is 6.03 Å². The maximum atomic E-state index is 11.0. The number of carbonyl (C=O) groups is 1. The highest BCUT2D eigenvalue weighted by atomic mass is 16.2. The molecule has 2 heterocycles. The van der Waals surface area contributed by atoms with Gasteiger partial charge in [-0.1, -0.05) is 6.92 Å². The third kappa shape index (κ3) is 3.37. The van der Waals surface area contributed by atoms with Crippen molar-refractivity contribution in [1.82, 2.24) is 9.88 Å². The lowest BCUT2D eigenvalue weighted by Crippen LogP contribution is -2.46. The highest BCUT2D eigenvalue weighted by Gasteiger charge is 2.17. The van der Waals surface area contributed by atoms with E-state index >= 15 is 0 Å². The predicted octanol–water partition coefficient (Wildman–Crippen LogP) is 2.18. The van der Waals surface area contributed by atoms with Crippen LogP contribution in [0, 0.1) is 6.92 Å². The van der Waals surface area contributed by atoms with Crippen LogP contribution in [0.4, 0.5) is 16.3 Å². The lowest BCUT2D eigenvalue weighted by Gasteiger charge is -2.35. The molecule has 0 bridgehead atoms. The summed E-state index contributed by atoms with van der Waals surface area (Å²) in [5.74, 6) is 1.03. The molecular weight excluding hydrogens is 290 g/mol. The van der Waals surface area contributed by atoms with Crippen molar-refractivity contribution in [2.24, 2.45) is 5.73 Å². The fourth-order valence-corrected chi connectivity index (χ4v) is 3.05. The Hall–Kier alpha value is -2.34. The number of anilines is 2. The number of hydrogen-bond donors (Lipinski definition) is 2. The number of primary amides is 1. The molecule has 1 aromatic carbocycles. The number of likely N-dealkylation sites (N-methyl/N-ethyl adjacent to an activating group) is 1. The van der Waals surface area contributed by atoms with Crippen LogP contribution in [-0.2, 0) is 0 Å². The number of piperazine rings is 1. The second kappa shape index (κ2) is 6.42. The van der Waals surface area contributed by atoms with Crippen molar-refractivity contribution < 1.29 is 4.79 Å². The van der Waals surface area contributed by atoms with Gasteiger partial charge in [-0.05, 0) is 43.3 Å². The second-order valence-electron chi connectivity index (χ2n) is 5.94. The molecule has 3 rings (SSSR count). The first-order valence-electron chi connectivity index (χ1n) is 8.02. The van der Waals surface area contributed by atoms with Crippen molar-refractivity contribution in [3.05, 3.63) is 29.8 Å². The molecule has 6 heteroatoms. The smallest absolute Gasteiger partial charge is 0.316 e. The van der Waals surface area contributed by atoms with Gasteiger partial charge in [0.05, 0.1) is 5.52 Å². The number of aromatic nitrogens is 1. The first-order chi connectivity index (χ1) is 11.1. The van der Waals surface area contributed by atoms with E-state index in [2.05, 4.69) is 35.0 Å². The number of urea groups is 1. The summed E-state index contributed by atoms with van der Waals surface area (Å²) < 4.78 is 0. The Labute approximate surface area is 136 Å². The summed E-state index contributed by atoms with van der Waals surface area (Å²) >= 11 is 0. The molecule has 122 valence electrons. The number of nitrogens with two attached hydrogens (primary N) is 1. The number of benzene rings is 1. The van der Waals surface area contributed by atoms with Crippen molar-refractivity contribution >= 4 is 28.4 Å². The summed E-state index contributed by atoms with van der Waals surface area (Å²) in [6, 6.07) is 7.25. The average Bonchev–Trinajstić information content (AvgIpc) is 2.55. The Bertz CT molecular complexity index is 722. The van der Waals surface area contributed by atoms with Gasteiger partial charge in [0.15, 0.2) is 0 Å². The van der Waals surface area contributed by atoms with Crippen LogP contribution in [0.15, 0.2) is 24.3 Å². The SMILES string of the molecule is CCN1CCN(c2cc(C)c3cc(NC(N)=O)ccc3n2)CC1. The van der Waals surface area contributed by atoms with Crippen LogP contribution < -0.4 is 16.0 Å². The molecule has 0 aliphatic carbocycles. The number of nitrogens with one attached hydrogen (secondary N) is 1. The lowest BCUT2D eigenvalue weighted by atomic mass is 10.1. The van der Waals surface area contributed by atoms with E-state index in [1.165, 1.54) is 0 Å².